The van der Waals surface area contributed by atoms with Crippen molar-refractivity contribution in [2.24, 2.45) is 5.73 Å². The van der Waals surface area contributed by atoms with Crippen molar-refractivity contribution in [3.63, 3.8) is 0 Å². The molecule has 0 radical (unpaired) electrons. The molecule has 0 amide bonds. The van der Waals surface area contributed by atoms with E-state index in [1.165, 1.54) is 13.2 Å². The fraction of sp³-hybridized carbons (Fsp3) is 0.444. The highest BCUT2D eigenvalue weighted by Crippen LogP contribution is 2.19. The summed E-state index contributed by atoms with van der Waals surface area (Å²) in [6, 6.07) is 1.68. The summed E-state index contributed by atoms with van der Waals surface area (Å²) in [7, 11) is 0. The van der Waals surface area contributed by atoms with Crippen LogP contribution >= 0.6 is 0 Å². The Kier molecular flexibility index (Phi) is 2.06. The highest BCUT2D eigenvalue weighted by Gasteiger charge is 2.18. The Bertz CT molecular complexity index is 294. The Morgan fingerprint density at radius 3 is 2.42 bits per heavy atom. The first kappa shape index (κ1) is 9.00. The maximum atomic E-state index is 10.9. The van der Waals surface area contributed by atoms with Crippen LogP contribution in [0.3, 0.4) is 0 Å². The molecule has 1 aromatic rings. The van der Waals surface area contributed by atoms with Gasteiger partial charge in [-0.2, -0.15) is 0 Å². The van der Waals surface area contributed by atoms with Crippen LogP contribution in [0.15, 0.2) is 16.7 Å². The number of carbonyl (C=O) groups excluding carboxylic acids is 1. The topological polar surface area (TPSA) is 56.2 Å². The normalized spacial score (nSPS) is 11.7. The van der Waals surface area contributed by atoms with Crippen molar-refractivity contribution >= 4 is 5.78 Å². The van der Waals surface area contributed by atoms with Crippen molar-refractivity contribution < 1.29 is 9.21 Å². The van der Waals surface area contributed by atoms with Crippen LogP contribution in [0.5, 0.6) is 0 Å². The lowest BCUT2D eigenvalue weighted by Gasteiger charge is -2.14. The number of furan rings is 1. The number of nitrogens with two attached hydrogens (primary N) is 1. The number of rotatable bonds is 2. The van der Waals surface area contributed by atoms with Crippen LogP contribution in [0.4, 0.5) is 0 Å². The number of carbonyl (C=O) groups is 1. The zero-order valence-electron chi connectivity index (χ0n) is 7.55. The molecule has 0 aliphatic rings. The molecule has 0 aromatic carbocycles. The molecule has 0 aliphatic carbocycles. The van der Waals surface area contributed by atoms with Gasteiger partial charge in [0.05, 0.1) is 6.26 Å². The van der Waals surface area contributed by atoms with Crippen molar-refractivity contribution in [3.8, 4) is 0 Å². The number of Topliss-reactive ketones (excluding diaryl/α,β-unsaturated/α-hetero) is 1. The van der Waals surface area contributed by atoms with Gasteiger partial charge in [0.25, 0.3) is 0 Å². The van der Waals surface area contributed by atoms with E-state index in [9.17, 15) is 4.79 Å². The summed E-state index contributed by atoms with van der Waals surface area (Å²) in [5.41, 5.74) is 6.19. The lowest BCUT2D eigenvalue weighted by Crippen LogP contribution is -2.27. The van der Waals surface area contributed by atoms with Crippen LogP contribution in [-0.2, 0) is 5.54 Å². The molecule has 66 valence electrons. The minimum atomic E-state index is -0.447. The summed E-state index contributed by atoms with van der Waals surface area (Å²) < 4.78 is 5.02. The standard InChI is InChI=1S/C9H13NO2/c1-6(11)8-4-7(5-12-8)9(2,3)10/h4-5H,10H2,1-3H3. The Morgan fingerprint density at radius 2 is 2.17 bits per heavy atom. The average Bonchev–Trinajstić information content (AvgIpc) is 2.30. The largest absolute Gasteiger partial charge is 0.461 e. The van der Waals surface area contributed by atoms with Gasteiger partial charge in [-0.1, -0.05) is 0 Å². The summed E-state index contributed by atoms with van der Waals surface area (Å²) in [6.07, 6.45) is 1.52. The zero-order chi connectivity index (χ0) is 9.35. The van der Waals surface area contributed by atoms with E-state index in [1.54, 1.807) is 6.07 Å². The molecule has 0 bridgehead atoms. The first-order valence-electron chi connectivity index (χ1n) is 3.80. The predicted octanol–water partition coefficient (Wildman–Crippen LogP) is 1.68. The summed E-state index contributed by atoms with van der Waals surface area (Å²) in [5.74, 6) is 0.286. The molecule has 3 nitrogen and oxygen atoms in total. The molecular weight excluding hydrogens is 154 g/mol. The van der Waals surface area contributed by atoms with Crippen molar-refractivity contribution in [3.05, 3.63) is 23.7 Å². The first-order valence-corrected chi connectivity index (χ1v) is 3.80. The lowest BCUT2D eigenvalue weighted by molar-refractivity contribution is 0.0987. The Morgan fingerprint density at radius 1 is 1.58 bits per heavy atom. The van der Waals surface area contributed by atoms with Gasteiger partial charge in [0.1, 0.15) is 0 Å². The minimum Gasteiger partial charge on any atom is -0.461 e. The maximum Gasteiger partial charge on any atom is 0.194 e. The summed E-state index contributed by atoms with van der Waals surface area (Å²) in [6.45, 7) is 5.19. The Balaban J connectivity index is 3.00. The van der Waals surface area contributed by atoms with Gasteiger partial charge in [-0.15, -0.1) is 0 Å². The molecule has 0 spiro atoms. The molecule has 0 atom stereocenters. The van der Waals surface area contributed by atoms with Crippen LogP contribution in [0, 0.1) is 0 Å². The van der Waals surface area contributed by atoms with E-state index in [1.807, 2.05) is 13.8 Å². The van der Waals surface area contributed by atoms with E-state index in [2.05, 4.69) is 0 Å². The van der Waals surface area contributed by atoms with Gasteiger partial charge in [-0.25, -0.2) is 0 Å². The minimum absolute atomic E-state index is 0.0782. The van der Waals surface area contributed by atoms with Crippen LogP contribution < -0.4 is 5.73 Å². The molecule has 0 fully saturated rings. The van der Waals surface area contributed by atoms with Gasteiger partial charge < -0.3 is 10.2 Å². The second-order valence-corrected chi connectivity index (χ2v) is 3.48. The number of hydrogen-bond acceptors (Lipinski definition) is 3. The SMILES string of the molecule is CC(=O)c1cc(C(C)(C)N)co1. The highest BCUT2D eigenvalue weighted by molar-refractivity contribution is 5.91. The summed E-state index contributed by atoms with van der Waals surface area (Å²) >= 11 is 0. The van der Waals surface area contributed by atoms with Crippen LogP contribution in [0.25, 0.3) is 0 Å². The molecule has 2 N–H and O–H groups in total. The van der Waals surface area contributed by atoms with E-state index in [-0.39, 0.29) is 5.78 Å². The molecule has 1 rings (SSSR count). The molecule has 3 heteroatoms. The van der Waals surface area contributed by atoms with Gasteiger partial charge in [-0.3, -0.25) is 4.79 Å². The second kappa shape index (κ2) is 2.75. The monoisotopic (exact) mass is 167 g/mol. The van der Waals surface area contributed by atoms with Crippen LogP contribution in [0.1, 0.15) is 36.9 Å². The lowest BCUT2D eigenvalue weighted by atomic mass is 9.98. The molecular formula is C9H13NO2. The van der Waals surface area contributed by atoms with Crippen molar-refractivity contribution in [1.29, 1.82) is 0 Å². The fourth-order valence-electron chi connectivity index (χ4n) is 0.859. The molecule has 12 heavy (non-hydrogen) atoms. The van der Waals surface area contributed by atoms with Crippen molar-refractivity contribution in [2.75, 3.05) is 0 Å². The van der Waals surface area contributed by atoms with E-state index in [4.69, 9.17) is 10.2 Å². The second-order valence-electron chi connectivity index (χ2n) is 3.48. The van der Waals surface area contributed by atoms with Gasteiger partial charge >= 0.3 is 0 Å². The van der Waals surface area contributed by atoms with Crippen molar-refractivity contribution in [1.82, 2.24) is 0 Å². The van der Waals surface area contributed by atoms with Gasteiger partial charge in [-0.05, 0) is 19.9 Å². The molecule has 1 aromatic heterocycles. The van der Waals surface area contributed by atoms with E-state index < -0.39 is 5.54 Å². The maximum absolute atomic E-state index is 10.9. The Labute approximate surface area is 71.6 Å². The third-order valence-corrected chi connectivity index (χ3v) is 1.69. The molecule has 0 saturated heterocycles. The van der Waals surface area contributed by atoms with E-state index in [0.29, 0.717) is 5.76 Å². The number of ketones is 1. The zero-order valence-corrected chi connectivity index (χ0v) is 7.55. The summed E-state index contributed by atoms with van der Waals surface area (Å²) in [4.78, 5) is 10.9. The van der Waals surface area contributed by atoms with E-state index >= 15 is 0 Å². The summed E-state index contributed by atoms with van der Waals surface area (Å²) in [5, 5.41) is 0. The van der Waals surface area contributed by atoms with Gasteiger partial charge in [0, 0.05) is 18.0 Å². The molecule has 0 saturated carbocycles. The molecule has 0 unspecified atom stereocenters. The van der Waals surface area contributed by atoms with Gasteiger partial charge in [0.2, 0.25) is 0 Å². The van der Waals surface area contributed by atoms with Crippen LogP contribution in [0.2, 0.25) is 0 Å². The smallest absolute Gasteiger partial charge is 0.194 e. The first-order chi connectivity index (χ1) is 5.41. The predicted molar refractivity (Wildman–Crippen MR) is 45.9 cm³/mol. The van der Waals surface area contributed by atoms with E-state index in [0.717, 1.165) is 5.56 Å². The van der Waals surface area contributed by atoms with Crippen molar-refractivity contribution in [2.45, 2.75) is 26.3 Å². The molecule has 1 heterocycles. The van der Waals surface area contributed by atoms with Crippen LogP contribution in [-0.4, -0.2) is 5.78 Å². The number of hydrogen-bond donors (Lipinski definition) is 1. The highest BCUT2D eigenvalue weighted by atomic mass is 16.3. The third-order valence-electron chi connectivity index (χ3n) is 1.69. The van der Waals surface area contributed by atoms with Gasteiger partial charge in [0.15, 0.2) is 11.5 Å². The third kappa shape index (κ3) is 1.74. The Hall–Kier alpha value is -1.09. The molecule has 0 aliphatic heterocycles. The quantitative estimate of drug-likeness (QED) is 0.682. The fourth-order valence-corrected chi connectivity index (χ4v) is 0.859. The average molecular weight is 167 g/mol.